The Balaban J connectivity index is 1.32. The van der Waals surface area contributed by atoms with Crippen molar-refractivity contribution < 1.29 is 32.8 Å². The van der Waals surface area contributed by atoms with Gasteiger partial charge in [0.2, 0.25) is 0 Å². The van der Waals surface area contributed by atoms with E-state index in [0.717, 1.165) is 28.1 Å². The molecule has 0 bridgehead atoms. The summed E-state index contributed by atoms with van der Waals surface area (Å²) in [6, 6.07) is 14.5. The number of aromatic nitrogens is 2. The van der Waals surface area contributed by atoms with Crippen LogP contribution in [0.5, 0.6) is 17.2 Å². The van der Waals surface area contributed by atoms with Gasteiger partial charge in [-0.3, -0.25) is 0 Å². The van der Waals surface area contributed by atoms with Crippen LogP contribution in [-0.4, -0.2) is 30.5 Å². The molecule has 186 valence electrons. The zero-order valence-corrected chi connectivity index (χ0v) is 20.4. The molecule has 0 atom stereocenters. The highest BCUT2D eigenvalue weighted by atomic mass is 16.5. The summed E-state index contributed by atoms with van der Waals surface area (Å²) in [6.07, 6.45) is 2.96. The van der Waals surface area contributed by atoms with E-state index in [1.807, 2.05) is 44.2 Å². The van der Waals surface area contributed by atoms with E-state index < -0.39 is 5.97 Å². The van der Waals surface area contributed by atoms with Crippen molar-refractivity contribution in [3.63, 3.8) is 0 Å². The summed E-state index contributed by atoms with van der Waals surface area (Å²) in [5.74, 6) is 2.48. The summed E-state index contributed by atoms with van der Waals surface area (Å²) in [5, 5.41) is 7.95. The van der Waals surface area contributed by atoms with Gasteiger partial charge < -0.3 is 28.0 Å². The predicted octanol–water partition coefficient (Wildman–Crippen LogP) is 5.30. The molecule has 4 aromatic rings. The SMILES string of the molecule is COc1ccc(-c2cc(COC(=O)/C=C/c3ccc(OCc4c(C)noc4C)c(OC)c3)on2)cc1. The van der Waals surface area contributed by atoms with E-state index in [0.29, 0.717) is 35.3 Å². The first-order valence-electron chi connectivity index (χ1n) is 11.1. The molecule has 0 aliphatic carbocycles. The van der Waals surface area contributed by atoms with Crippen LogP contribution in [0, 0.1) is 13.8 Å². The van der Waals surface area contributed by atoms with Crippen LogP contribution in [0.4, 0.5) is 0 Å². The van der Waals surface area contributed by atoms with E-state index in [9.17, 15) is 4.79 Å². The molecule has 9 nitrogen and oxygen atoms in total. The fraction of sp³-hybridized carbons (Fsp3) is 0.222. The van der Waals surface area contributed by atoms with Gasteiger partial charge in [-0.2, -0.15) is 0 Å². The van der Waals surface area contributed by atoms with Gasteiger partial charge >= 0.3 is 5.97 Å². The van der Waals surface area contributed by atoms with Crippen molar-refractivity contribution in [2.24, 2.45) is 0 Å². The number of methoxy groups -OCH3 is 2. The summed E-state index contributed by atoms with van der Waals surface area (Å²) in [5.41, 5.74) is 3.93. The number of ether oxygens (including phenoxy) is 4. The lowest BCUT2D eigenvalue weighted by molar-refractivity contribution is -0.139. The molecule has 0 N–H and O–H groups in total. The molecule has 2 heterocycles. The molecule has 9 heteroatoms. The van der Waals surface area contributed by atoms with Gasteiger partial charge in [0.25, 0.3) is 0 Å². The number of carbonyl (C=O) groups is 1. The lowest BCUT2D eigenvalue weighted by Crippen LogP contribution is -2.00. The second-order valence-electron chi connectivity index (χ2n) is 7.85. The molecule has 0 aliphatic rings. The van der Waals surface area contributed by atoms with Gasteiger partial charge in [0.1, 0.15) is 23.8 Å². The highest BCUT2D eigenvalue weighted by molar-refractivity contribution is 5.87. The average molecular weight is 491 g/mol. The number of hydrogen-bond acceptors (Lipinski definition) is 9. The van der Waals surface area contributed by atoms with Crippen LogP contribution in [0.15, 0.2) is 63.7 Å². The normalized spacial score (nSPS) is 11.0. The molecule has 0 saturated carbocycles. The van der Waals surface area contributed by atoms with Crippen LogP contribution in [0.25, 0.3) is 17.3 Å². The largest absolute Gasteiger partial charge is 0.497 e. The molecule has 0 saturated heterocycles. The quantitative estimate of drug-likeness (QED) is 0.216. The Labute approximate surface area is 208 Å². The molecule has 0 unspecified atom stereocenters. The van der Waals surface area contributed by atoms with Gasteiger partial charge in [-0.05, 0) is 61.9 Å². The zero-order valence-electron chi connectivity index (χ0n) is 20.4. The van der Waals surface area contributed by atoms with Crippen molar-refractivity contribution in [1.82, 2.24) is 10.3 Å². The molecule has 2 aromatic carbocycles. The average Bonchev–Trinajstić information content (AvgIpc) is 3.51. The van der Waals surface area contributed by atoms with Crippen molar-refractivity contribution in [3.05, 3.63) is 82.9 Å². The molecule has 0 fully saturated rings. The Morgan fingerprint density at radius 3 is 2.42 bits per heavy atom. The summed E-state index contributed by atoms with van der Waals surface area (Å²) in [6.45, 7) is 3.97. The Morgan fingerprint density at radius 1 is 0.917 bits per heavy atom. The maximum atomic E-state index is 12.2. The lowest BCUT2D eigenvalue weighted by Gasteiger charge is -2.11. The predicted molar refractivity (Wildman–Crippen MR) is 131 cm³/mol. The highest BCUT2D eigenvalue weighted by Gasteiger charge is 2.12. The van der Waals surface area contributed by atoms with Crippen LogP contribution in [0.2, 0.25) is 0 Å². The van der Waals surface area contributed by atoms with Gasteiger partial charge in [0, 0.05) is 17.7 Å². The molecule has 0 spiro atoms. The molecule has 2 aromatic heterocycles. The van der Waals surface area contributed by atoms with E-state index in [1.165, 1.54) is 6.08 Å². The minimum Gasteiger partial charge on any atom is -0.497 e. The smallest absolute Gasteiger partial charge is 0.331 e. The number of rotatable bonds is 10. The number of esters is 1. The van der Waals surface area contributed by atoms with Gasteiger partial charge in [-0.15, -0.1) is 0 Å². The Hall–Kier alpha value is -4.53. The van der Waals surface area contributed by atoms with Gasteiger partial charge in [0.05, 0.1) is 25.5 Å². The van der Waals surface area contributed by atoms with Crippen LogP contribution >= 0.6 is 0 Å². The molecule has 0 amide bonds. The number of carbonyl (C=O) groups excluding carboxylic acids is 1. The molecule has 4 rings (SSSR count). The van der Waals surface area contributed by atoms with Crippen LogP contribution in [0.1, 0.15) is 28.3 Å². The second kappa shape index (κ2) is 11.3. The topological polar surface area (TPSA) is 106 Å². The number of aryl methyl sites for hydroxylation is 2. The molecule has 0 aliphatic heterocycles. The Kier molecular flexibility index (Phi) is 7.69. The summed E-state index contributed by atoms with van der Waals surface area (Å²) >= 11 is 0. The van der Waals surface area contributed by atoms with Gasteiger partial charge in [0.15, 0.2) is 23.9 Å². The molecule has 0 radical (unpaired) electrons. The highest BCUT2D eigenvalue weighted by Crippen LogP contribution is 2.30. The maximum absolute atomic E-state index is 12.2. The van der Waals surface area contributed by atoms with Crippen molar-refractivity contribution in [2.45, 2.75) is 27.1 Å². The third-order valence-electron chi connectivity index (χ3n) is 5.45. The van der Waals surface area contributed by atoms with Crippen LogP contribution < -0.4 is 14.2 Å². The maximum Gasteiger partial charge on any atom is 0.331 e. The Morgan fingerprint density at radius 2 is 1.72 bits per heavy atom. The summed E-state index contributed by atoms with van der Waals surface area (Å²) in [7, 11) is 3.16. The third kappa shape index (κ3) is 5.93. The number of benzene rings is 2. The third-order valence-corrected chi connectivity index (χ3v) is 5.45. The summed E-state index contributed by atoms with van der Waals surface area (Å²) in [4.78, 5) is 12.2. The van der Waals surface area contributed by atoms with Gasteiger partial charge in [-0.1, -0.05) is 16.4 Å². The lowest BCUT2D eigenvalue weighted by atomic mass is 10.1. The fourth-order valence-electron chi connectivity index (χ4n) is 3.40. The van der Waals surface area contributed by atoms with Crippen molar-refractivity contribution >= 4 is 12.0 Å². The van der Waals surface area contributed by atoms with Crippen molar-refractivity contribution in [3.8, 4) is 28.5 Å². The van der Waals surface area contributed by atoms with E-state index >= 15 is 0 Å². The number of hydrogen-bond donors (Lipinski definition) is 0. The first-order chi connectivity index (χ1) is 17.5. The van der Waals surface area contributed by atoms with Crippen molar-refractivity contribution in [1.29, 1.82) is 0 Å². The zero-order chi connectivity index (χ0) is 25.5. The molecular weight excluding hydrogens is 464 g/mol. The first-order valence-corrected chi connectivity index (χ1v) is 11.1. The Bertz CT molecular complexity index is 1330. The summed E-state index contributed by atoms with van der Waals surface area (Å²) < 4.78 is 32.2. The second-order valence-corrected chi connectivity index (χ2v) is 7.85. The van der Waals surface area contributed by atoms with E-state index in [1.54, 1.807) is 38.5 Å². The first kappa shape index (κ1) is 24.6. The van der Waals surface area contributed by atoms with Crippen LogP contribution in [-0.2, 0) is 22.7 Å². The minimum atomic E-state index is -0.518. The van der Waals surface area contributed by atoms with E-state index in [4.69, 9.17) is 28.0 Å². The van der Waals surface area contributed by atoms with Crippen molar-refractivity contribution in [2.75, 3.05) is 14.2 Å². The molecular formula is C27H26N2O7. The van der Waals surface area contributed by atoms with E-state index in [-0.39, 0.29) is 6.61 Å². The van der Waals surface area contributed by atoms with Crippen LogP contribution in [0.3, 0.4) is 0 Å². The standard InChI is InChI=1S/C27H26N2O7/c1-17-23(18(2)35-28-17)16-33-25-11-5-19(13-26(25)32-4)6-12-27(30)34-15-22-14-24(29-36-22)20-7-9-21(31-3)10-8-20/h5-14H,15-16H2,1-4H3/b12-6+. The number of nitrogens with zero attached hydrogens (tertiary/aromatic N) is 2. The van der Waals surface area contributed by atoms with Gasteiger partial charge in [-0.25, -0.2) is 4.79 Å². The monoisotopic (exact) mass is 490 g/mol. The fourth-order valence-corrected chi connectivity index (χ4v) is 3.40. The minimum absolute atomic E-state index is 0.0376. The van der Waals surface area contributed by atoms with E-state index in [2.05, 4.69) is 10.3 Å². The molecule has 36 heavy (non-hydrogen) atoms.